The fraction of sp³-hybridized carbons (Fsp3) is 0.214. The average molecular weight is 320 g/mol. The Bertz CT molecular complexity index is 641. The highest BCUT2D eigenvalue weighted by Gasteiger charge is 2.12. The van der Waals surface area contributed by atoms with E-state index in [-0.39, 0.29) is 5.91 Å². The van der Waals surface area contributed by atoms with E-state index in [2.05, 4.69) is 31.2 Å². The summed E-state index contributed by atoms with van der Waals surface area (Å²) in [5.74, 6) is 0.371. The molecule has 4 nitrogen and oxygen atoms in total. The van der Waals surface area contributed by atoms with Crippen molar-refractivity contribution in [3.63, 3.8) is 0 Å². The molecule has 0 atom stereocenters. The molecule has 2 heterocycles. The number of carbonyl (C=O) groups excluding carboxylic acids is 1. The van der Waals surface area contributed by atoms with E-state index in [1.165, 1.54) is 0 Å². The molecule has 1 amide bonds. The van der Waals surface area contributed by atoms with E-state index < -0.39 is 0 Å². The van der Waals surface area contributed by atoms with Crippen molar-refractivity contribution in [1.29, 1.82) is 0 Å². The summed E-state index contributed by atoms with van der Waals surface area (Å²) in [4.78, 5) is 20.7. The second kappa shape index (κ2) is 5.48. The standard InChI is InChI=1S/C14H14BrN3O/c1-8-6-11(15)7-16-13(8)18-14(19)12-5-4-9(2)17-10(12)3/h4-7H,1-3H3,(H,16,18,19). The van der Waals surface area contributed by atoms with Crippen molar-refractivity contribution < 1.29 is 4.79 Å². The van der Waals surface area contributed by atoms with Crippen molar-refractivity contribution >= 4 is 27.7 Å². The molecule has 2 aromatic rings. The number of hydrogen-bond acceptors (Lipinski definition) is 3. The predicted octanol–water partition coefficient (Wildman–Crippen LogP) is 3.42. The summed E-state index contributed by atoms with van der Waals surface area (Å²) in [7, 11) is 0. The van der Waals surface area contributed by atoms with Crippen LogP contribution in [-0.2, 0) is 0 Å². The molecule has 0 aromatic carbocycles. The van der Waals surface area contributed by atoms with Crippen molar-refractivity contribution in [2.24, 2.45) is 0 Å². The van der Waals surface area contributed by atoms with Crippen molar-refractivity contribution in [3.8, 4) is 0 Å². The molecular weight excluding hydrogens is 306 g/mol. The Morgan fingerprint density at radius 1 is 1.26 bits per heavy atom. The predicted molar refractivity (Wildman–Crippen MR) is 78.3 cm³/mol. The minimum atomic E-state index is -0.192. The molecule has 2 rings (SSSR count). The second-order valence-electron chi connectivity index (χ2n) is 4.36. The Morgan fingerprint density at radius 3 is 2.63 bits per heavy atom. The van der Waals surface area contributed by atoms with Gasteiger partial charge in [-0.15, -0.1) is 0 Å². The van der Waals surface area contributed by atoms with E-state index in [4.69, 9.17) is 0 Å². The lowest BCUT2D eigenvalue weighted by Crippen LogP contribution is -2.16. The van der Waals surface area contributed by atoms with E-state index in [0.717, 1.165) is 15.7 Å². The zero-order valence-electron chi connectivity index (χ0n) is 11.0. The SMILES string of the molecule is Cc1ccc(C(=O)Nc2ncc(Br)cc2C)c(C)n1. The van der Waals surface area contributed by atoms with Gasteiger partial charge in [0.25, 0.3) is 5.91 Å². The van der Waals surface area contributed by atoms with Gasteiger partial charge in [0.2, 0.25) is 0 Å². The number of halogens is 1. The van der Waals surface area contributed by atoms with Gasteiger partial charge in [0.1, 0.15) is 5.82 Å². The van der Waals surface area contributed by atoms with E-state index in [1.54, 1.807) is 12.3 Å². The number of aromatic nitrogens is 2. The van der Waals surface area contributed by atoms with Crippen LogP contribution in [0.5, 0.6) is 0 Å². The zero-order valence-corrected chi connectivity index (χ0v) is 12.6. The topological polar surface area (TPSA) is 54.9 Å². The normalized spacial score (nSPS) is 10.3. The summed E-state index contributed by atoms with van der Waals surface area (Å²) in [6.07, 6.45) is 1.66. The fourth-order valence-corrected chi connectivity index (χ4v) is 2.22. The minimum absolute atomic E-state index is 0.192. The highest BCUT2D eigenvalue weighted by Crippen LogP contribution is 2.18. The number of nitrogens with one attached hydrogen (secondary N) is 1. The Kier molecular flexibility index (Phi) is 3.95. The van der Waals surface area contributed by atoms with Gasteiger partial charge < -0.3 is 5.32 Å². The van der Waals surface area contributed by atoms with E-state index in [9.17, 15) is 4.79 Å². The second-order valence-corrected chi connectivity index (χ2v) is 5.27. The van der Waals surface area contributed by atoms with Gasteiger partial charge >= 0.3 is 0 Å². The number of carbonyl (C=O) groups is 1. The summed E-state index contributed by atoms with van der Waals surface area (Å²) < 4.78 is 0.885. The smallest absolute Gasteiger partial charge is 0.258 e. The first-order chi connectivity index (χ1) is 8.97. The van der Waals surface area contributed by atoms with Crippen LogP contribution in [0.2, 0.25) is 0 Å². The van der Waals surface area contributed by atoms with Crippen LogP contribution in [0.25, 0.3) is 0 Å². The van der Waals surface area contributed by atoms with Crippen LogP contribution >= 0.6 is 15.9 Å². The van der Waals surface area contributed by atoms with Crippen LogP contribution in [0.1, 0.15) is 27.3 Å². The lowest BCUT2D eigenvalue weighted by molar-refractivity contribution is 0.102. The van der Waals surface area contributed by atoms with E-state index in [1.807, 2.05) is 32.9 Å². The molecule has 19 heavy (non-hydrogen) atoms. The van der Waals surface area contributed by atoms with Crippen LogP contribution in [0.3, 0.4) is 0 Å². The molecule has 0 saturated carbocycles. The summed E-state index contributed by atoms with van der Waals surface area (Å²) in [5, 5.41) is 2.80. The van der Waals surface area contributed by atoms with Crippen LogP contribution < -0.4 is 5.32 Å². The molecule has 2 aromatic heterocycles. The molecule has 98 valence electrons. The molecule has 5 heteroatoms. The summed E-state index contributed by atoms with van der Waals surface area (Å²) in [6.45, 7) is 5.62. The molecule has 0 fully saturated rings. The highest BCUT2D eigenvalue weighted by atomic mass is 79.9. The van der Waals surface area contributed by atoms with Crippen molar-refractivity contribution in [2.75, 3.05) is 5.32 Å². The first-order valence-corrected chi connectivity index (χ1v) is 6.64. The molecule has 1 N–H and O–H groups in total. The fourth-order valence-electron chi connectivity index (χ4n) is 1.77. The van der Waals surface area contributed by atoms with Gasteiger partial charge in [-0.25, -0.2) is 4.98 Å². The monoisotopic (exact) mass is 319 g/mol. The van der Waals surface area contributed by atoms with Crippen LogP contribution in [0.4, 0.5) is 5.82 Å². The van der Waals surface area contributed by atoms with Crippen LogP contribution in [-0.4, -0.2) is 15.9 Å². The van der Waals surface area contributed by atoms with Gasteiger partial charge in [-0.3, -0.25) is 9.78 Å². The van der Waals surface area contributed by atoms with Crippen LogP contribution in [0.15, 0.2) is 28.9 Å². The average Bonchev–Trinajstić information content (AvgIpc) is 2.32. The maximum atomic E-state index is 12.2. The van der Waals surface area contributed by atoms with Gasteiger partial charge in [-0.05, 0) is 60.5 Å². The molecule has 0 spiro atoms. The highest BCUT2D eigenvalue weighted by molar-refractivity contribution is 9.10. The summed E-state index contributed by atoms with van der Waals surface area (Å²) >= 11 is 3.34. The van der Waals surface area contributed by atoms with Crippen molar-refractivity contribution in [3.05, 3.63) is 51.4 Å². The Balaban J connectivity index is 2.25. The lowest BCUT2D eigenvalue weighted by Gasteiger charge is -2.09. The number of rotatable bonds is 2. The lowest BCUT2D eigenvalue weighted by atomic mass is 10.1. The molecule has 0 bridgehead atoms. The third kappa shape index (κ3) is 3.17. The number of aryl methyl sites for hydroxylation is 3. The number of pyridine rings is 2. The number of hydrogen-bond donors (Lipinski definition) is 1. The van der Waals surface area contributed by atoms with Gasteiger partial charge in [0.15, 0.2) is 0 Å². The first-order valence-electron chi connectivity index (χ1n) is 5.85. The maximum Gasteiger partial charge on any atom is 0.258 e. The number of amides is 1. The minimum Gasteiger partial charge on any atom is -0.306 e. The quantitative estimate of drug-likeness (QED) is 0.922. The maximum absolute atomic E-state index is 12.2. The summed E-state index contributed by atoms with van der Waals surface area (Å²) in [5.41, 5.74) is 3.08. The molecule has 0 aliphatic heterocycles. The Morgan fingerprint density at radius 2 is 2.00 bits per heavy atom. The number of nitrogens with zero attached hydrogens (tertiary/aromatic N) is 2. The largest absolute Gasteiger partial charge is 0.306 e. The molecule has 0 saturated heterocycles. The summed E-state index contributed by atoms with van der Waals surface area (Å²) in [6, 6.07) is 5.51. The van der Waals surface area contributed by atoms with Crippen LogP contribution in [0, 0.1) is 20.8 Å². The Hall–Kier alpha value is -1.75. The van der Waals surface area contributed by atoms with Crippen molar-refractivity contribution in [2.45, 2.75) is 20.8 Å². The van der Waals surface area contributed by atoms with E-state index >= 15 is 0 Å². The van der Waals surface area contributed by atoms with Gasteiger partial charge in [0.05, 0.1) is 11.3 Å². The first kappa shape index (κ1) is 13.7. The molecule has 0 aliphatic carbocycles. The number of anilines is 1. The van der Waals surface area contributed by atoms with Crippen molar-refractivity contribution in [1.82, 2.24) is 9.97 Å². The molecule has 0 aliphatic rings. The third-order valence-electron chi connectivity index (χ3n) is 2.75. The molecule has 0 radical (unpaired) electrons. The third-order valence-corrected chi connectivity index (χ3v) is 3.18. The van der Waals surface area contributed by atoms with E-state index in [0.29, 0.717) is 17.1 Å². The van der Waals surface area contributed by atoms with Gasteiger partial charge in [-0.1, -0.05) is 0 Å². The molecule has 0 unspecified atom stereocenters. The Labute approximate surface area is 120 Å². The van der Waals surface area contributed by atoms with Gasteiger partial charge in [-0.2, -0.15) is 0 Å². The van der Waals surface area contributed by atoms with Gasteiger partial charge in [0, 0.05) is 16.4 Å². The molecular formula is C14H14BrN3O. The zero-order chi connectivity index (χ0) is 14.0.